The third-order valence-electron chi connectivity index (χ3n) is 6.06. The van der Waals surface area contributed by atoms with E-state index in [-0.39, 0.29) is 11.3 Å². The van der Waals surface area contributed by atoms with Crippen LogP contribution in [0.3, 0.4) is 0 Å². The Hall–Kier alpha value is -3.97. The fourth-order valence-corrected chi connectivity index (χ4v) is 4.40. The average Bonchev–Trinajstić information content (AvgIpc) is 3.18. The van der Waals surface area contributed by atoms with Crippen molar-refractivity contribution in [3.8, 4) is 17.2 Å². The first kappa shape index (κ1) is 27.1. The van der Waals surface area contributed by atoms with Crippen LogP contribution in [0, 0.1) is 5.92 Å². The molecular weight excluding hydrogens is 506 g/mol. The fraction of sp³-hybridized carbons (Fsp3) is 0.267. The molecule has 198 valence electrons. The molecule has 8 heteroatoms. The third kappa shape index (κ3) is 5.48. The number of ketones is 1. The van der Waals surface area contributed by atoms with Crippen LogP contribution in [0.1, 0.15) is 37.9 Å². The Bertz CT molecular complexity index is 1350. The zero-order valence-electron chi connectivity index (χ0n) is 21.7. The Morgan fingerprint density at radius 2 is 1.66 bits per heavy atom. The molecule has 1 aliphatic rings. The van der Waals surface area contributed by atoms with Crippen LogP contribution in [0.5, 0.6) is 17.2 Å². The van der Waals surface area contributed by atoms with Gasteiger partial charge in [0.25, 0.3) is 11.7 Å². The summed E-state index contributed by atoms with van der Waals surface area (Å²) < 4.78 is 16.9. The van der Waals surface area contributed by atoms with Crippen LogP contribution in [0.2, 0.25) is 5.02 Å². The predicted octanol–water partition coefficient (Wildman–Crippen LogP) is 6.41. The number of methoxy groups -OCH3 is 1. The monoisotopic (exact) mass is 535 g/mol. The summed E-state index contributed by atoms with van der Waals surface area (Å²) in [5.41, 5.74) is 1.39. The standard InChI is InChI=1S/C30H30ClNO6/c1-5-37-25-16-20(8-15-24(25)36-4)27-26(28(33)19-6-13-23(14-7-19)38-17-18(2)3)29(34)30(35)32(27)22-11-9-21(31)10-12-22/h6-16,18,27,33H,5,17H2,1-4H3/b28-26-. The largest absolute Gasteiger partial charge is 0.507 e. The van der Waals surface area contributed by atoms with Crippen molar-refractivity contribution in [2.24, 2.45) is 5.92 Å². The smallest absolute Gasteiger partial charge is 0.300 e. The van der Waals surface area contributed by atoms with E-state index >= 15 is 0 Å². The number of benzene rings is 3. The molecule has 0 bridgehead atoms. The number of anilines is 1. The first-order valence-electron chi connectivity index (χ1n) is 12.4. The maximum absolute atomic E-state index is 13.4. The third-order valence-corrected chi connectivity index (χ3v) is 6.32. The van der Waals surface area contributed by atoms with Crippen LogP contribution >= 0.6 is 11.6 Å². The minimum Gasteiger partial charge on any atom is -0.507 e. The molecule has 4 rings (SSSR count). The van der Waals surface area contributed by atoms with E-state index < -0.39 is 17.7 Å². The van der Waals surface area contributed by atoms with Crippen molar-refractivity contribution >= 4 is 34.7 Å². The van der Waals surface area contributed by atoms with Crippen molar-refractivity contribution in [2.75, 3.05) is 25.2 Å². The van der Waals surface area contributed by atoms with Gasteiger partial charge >= 0.3 is 0 Å². The molecule has 0 radical (unpaired) electrons. The van der Waals surface area contributed by atoms with E-state index in [0.717, 1.165) is 0 Å². The highest BCUT2D eigenvalue weighted by Crippen LogP contribution is 2.44. The van der Waals surface area contributed by atoms with E-state index in [1.165, 1.54) is 12.0 Å². The van der Waals surface area contributed by atoms with Gasteiger partial charge in [0.15, 0.2) is 11.5 Å². The number of carbonyl (C=O) groups is 2. The molecule has 0 saturated carbocycles. The van der Waals surface area contributed by atoms with E-state index in [1.54, 1.807) is 66.7 Å². The molecule has 1 unspecified atom stereocenters. The SMILES string of the molecule is CCOc1cc(C2/C(=C(/O)c3ccc(OCC(C)C)cc3)C(=O)C(=O)N2c2ccc(Cl)cc2)ccc1OC. The van der Waals surface area contributed by atoms with Crippen molar-refractivity contribution < 1.29 is 28.9 Å². The molecule has 1 fully saturated rings. The molecule has 1 amide bonds. The molecule has 1 atom stereocenters. The summed E-state index contributed by atoms with van der Waals surface area (Å²) in [7, 11) is 1.53. The first-order valence-corrected chi connectivity index (χ1v) is 12.7. The number of aliphatic hydroxyl groups excluding tert-OH is 1. The highest BCUT2D eigenvalue weighted by atomic mass is 35.5. The number of carbonyl (C=O) groups excluding carboxylic acids is 2. The summed E-state index contributed by atoms with van der Waals surface area (Å²) in [5.74, 6) is 0.134. The lowest BCUT2D eigenvalue weighted by Gasteiger charge is -2.26. The minimum atomic E-state index is -0.918. The minimum absolute atomic E-state index is 0.0339. The Labute approximate surface area is 227 Å². The maximum Gasteiger partial charge on any atom is 0.300 e. The second kappa shape index (κ2) is 11.6. The Balaban J connectivity index is 1.86. The zero-order valence-corrected chi connectivity index (χ0v) is 22.5. The summed E-state index contributed by atoms with van der Waals surface area (Å²) in [4.78, 5) is 28.2. The summed E-state index contributed by atoms with van der Waals surface area (Å²) in [5, 5.41) is 11.9. The molecule has 1 heterocycles. The van der Waals surface area contributed by atoms with Crippen molar-refractivity contribution in [1.29, 1.82) is 0 Å². The summed E-state index contributed by atoms with van der Waals surface area (Å²) in [6.07, 6.45) is 0. The van der Waals surface area contributed by atoms with Gasteiger partial charge < -0.3 is 19.3 Å². The summed E-state index contributed by atoms with van der Waals surface area (Å²) >= 11 is 6.08. The van der Waals surface area contributed by atoms with Crippen LogP contribution in [0.4, 0.5) is 5.69 Å². The molecule has 0 spiro atoms. The molecule has 3 aromatic rings. The zero-order chi connectivity index (χ0) is 27.4. The van der Waals surface area contributed by atoms with Crippen molar-refractivity contribution in [3.63, 3.8) is 0 Å². The van der Waals surface area contributed by atoms with Crippen LogP contribution in [0.15, 0.2) is 72.3 Å². The van der Waals surface area contributed by atoms with Gasteiger partial charge in [0.1, 0.15) is 11.5 Å². The summed E-state index contributed by atoms with van der Waals surface area (Å²) in [6.45, 7) is 6.89. The summed E-state index contributed by atoms with van der Waals surface area (Å²) in [6, 6.07) is 17.6. The van der Waals surface area contributed by atoms with Crippen molar-refractivity contribution in [3.05, 3.63) is 88.5 Å². The van der Waals surface area contributed by atoms with Crippen molar-refractivity contribution in [1.82, 2.24) is 0 Å². The van der Waals surface area contributed by atoms with Gasteiger partial charge in [-0.15, -0.1) is 0 Å². The second-order valence-corrected chi connectivity index (χ2v) is 9.65. The van der Waals surface area contributed by atoms with E-state index in [1.807, 2.05) is 6.92 Å². The van der Waals surface area contributed by atoms with Gasteiger partial charge in [0, 0.05) is 16.3 Å². The van der Waals surface area contributed by atoms with E-state index in [4.69, 9.17) is 25.8 Å². The average molecular weight is 536 g/mol. The Kier molecular flexibility index (Phi) is 8.27. The van der Waals surface area contributed by atoms with Crippen LogP contribution in [-0.4, -0.2) is 37.1 Å². The highest BCUT2D eigenvalue weighted by molar-refractivity contribution is 6.51. The fourth-order valence-electron chi connectivity index (χ4n) is 4.28. The molecule has 0 aliphatic carbocycles. The molecule has 3 aromatic carbocycles. The molecule has 1 aliphatic heterocycles. The topological polar surface area (TPSA) is 85.3 Å². The molecule has 7 nitrogen and oxygen atoms in total. The van der Waals surface area contributed by atoms with Crippen molar-refractivity contribution in [2.45, 2.75) is 26.8 Å². The van der Waals surface area contributed by atoms with Gasteiger partial charge in [-0.3, -0.25) is 14.5 Å². The highest BCUT2D eigenvalue weighted by Gasteiger charge is 2.47. The second-order valence-electron chi connectivity index (χ2n) is 9.22. The van der Waals surface area contributed by atoms with Gasteiger partial charge in [-0.25, -0.2) is 0 Å². The number of amides is 1. The van der Waals surface area contributed by atoms with Crippen LogP contribution in [0.25, 0.3) is 5.76 Å². The molecule has 0 aromatic heterocycles. The molecular formula is C30H30ClNO6. The van der Waals surface area contributed by atoms with Gasteiger partial charge in [-0.2, -0.15) is 0 Å². The lowest BCUT2D eigenvalue weighted by molar-refractivity contribution is -0.132. The lowest BCUT2D eigenvalue weighted by Crippen LogP contribution is -2.29. The lowest BCUT2D eigenvalue weighted by atomic mass is 9.94. The van der Waals surface area contributed by atoms with E-state index in [0.29, 0.717) is 58.2 Å². The number of Topliss-reactive ketones (excluding diaryl/α,β-unsaturated/α-hetero) is 1. The number of nitrogens with zero attached hydrogens (tertiary/aromatic N) is 1. The van der Waals surface area contributed by atoms with Gasteiger partial charge in [-0.1, -0.05) is 31.5 Å². The van der Waals surface area contributed by atoms with Gasteiger partial charge in [0.05, 0.1) is 31.9 Å². The maximum atomic E-state index is 13.4. The number of halogens is 1. The van der Waals surface area contributed by atoms with Crippen LogP contribution < -0.4 is 19.1 Å². The number of ether oxygens (including phenoxy) is 3. The number of hydrogen-bond acceptors (Lipinski definition) is 6. The number of rotatable bonds is 9. The Morgan fingerprint density at radius 1 is 0.974 bits per heavy atom. The van der Waals surface area contributed by atoms with E-state index in [9.17, 15) is 14.7 Å². The van der Waals surface area contributed by atoms with Gasteiger partial charge in [0.2, 0.25) is 0 Å². The van der Waals surface area contributed by atoms with Crippen LogP contribution in [-0.2, 0) is 9.59 Å². The quantitative estimate of drug-likeness (QED) is 0.194. The molecule has 1 N–H and O–H groups in total. The number of hydrogen-bond donors (Lipinski definition) is 1. The van der Waals surface area contributed by atoms with E-state index in [2.05, 4.69) is 13.8 Å². The Morgan fingerprint density at radius 3 is 2.26 bits per heavy atom. The van der Waals surface area contributed by atoms with Gasteiger partial charge in [-0.05, 0) is 79.1 Å². The molecule has 1 saturated heterocycles. The first-order chi connectivity index (χ1) is 18.2. The number of aliphatic hydroxyl groups is 1. The molecule has 38 heavy (non-hydrogen) atoms. The predicted molar refractivity (Wildman–Crippen MR) is 147 cm³/mol. The normalized spacial score (nSPS) is 16.7.